The number of likely N-dealkylation sites (N-methyl/N-ethyl adjacent to an activating group) is 1. The summed E-state index contributed by atoms with van der Waals surface area (Å²) in [6.07, 6.45) is 3.51. The zero-order chi connectivity index (χ0) is 9.71. The van der Waals surface area contributed by atoms with Crippen LogP contribution >= 0.6 is 0 Å². The molecular weight excluding hydrogens is 178 g/mol. The molecule has 2 bridgehead atoms. The summed E-state index contributed by atoms with van der Waals surface area (Å²) >= 11 is 0. The molecule has 0 amide bonds. The topological polar surface area (TPSA) is 55.3 Å². The fourth-order valence-electron chi connectivity index (χ4n) is 2.86. The molecule has 14 heavy (non-hydrogen) atoms. The van der Waals surface area contributed by atoms with Crippen molar-refractivity contribution in [3.05, 3.63) is 17.0 Å². The molecule has 76 valence electrons. The van der Waals surface area contributed by atoms with Crippen molar-refractivity contribution in [2.75, 3.05) is 7.05 Å². The lowest BCUT2D eigenvalue weighted by Crippen LogP contribution is -2.34. The highest BCUT2D eigenvalue weighted by atomic mass is 16.5. The van der Waals surface area contributed by atoms with Crippen molar-refractivity contribution < 1.29 is 4.52 Å². The lowest BCUT2D eigenvalue weighted by Gasteiger charge is -2.30. The highest BCUT2D eigenvalue weighted by Gasteiger charge is 2.41. The Bertz CT molecular complexity index is 360. The minimum absolute atomic E-state index is 0.494. The Morgan fingerprint density at radius 1 is 1.57 bits per heavy atom. The van der Waals surface area contributed by atoms with Crippen LogP contribution in [0, 0.1) is 0 Å². The van der Waals surface area contributed by atoms with Crippen molar-refractivity contribution in [1.29, 1.82) is 0 Å². The molecule has 2 aliphatic rings. The van der Waals surface area contributed by atoms with Gasteiger partial charge in [-0.2, -0.15) is 0 Å². The third-order valence-corrected chi connectivity index (χ3v) is 3.67. The van der Waals surface area contributed by atoms with Crippen molar-refractivity contribution >= 4 is 0 Å². The van der Waals surface area contributed by atoms with Crippen LogP contribution in [0.5, 0.6) is 0 Å². The number of nitrogens with zero attached hydrogens (tertiary/aromatic N) is 2. The van der Waals surface area contributed by atoms with E-state index in [9.17, 15) is 0 Å². The molecule has 3 rings (SSSR count). The van der Waals surface area contributed by atoms with Crippen LogP contribution in [0.4, 0.5) is 0 Å². The van der Waals surface area contributed by atoms with Gasteiger partial charge in [0.1, 0.15) is 11.5 Å². The summed E-state index contributed by atoms with van der Waals surface area (Å²) in [4.78, 5) is 2.44. The molecule has 0 spiro atoms. The van der Waals surface area contributed by atoms with Gasteiger partial charge < -0.3 is 10.3 Å². The van der Waals surface area contributed by atoms with Gasteiger partial charge >= 0.3 is 0 Å². The molecule has 4 heteroatoms. The van der Waals surface area contributed by atoms with Gasteiger partial charge in [-0.3, -0.25) is 4.90 Å². The second kappa shape index (κ2) is 2.81. The standard InChI is InChI=1S/C10H15N3O/c1-13-6-2-3-8(13)10-7(5-11)12-14-9(10)4-6/h6,8H,2-5,11H2,1H3. The quantitative estimate of drug-likeness (QED) is 0.717. The summed E-state index contributed by atoms with van der Waals surface area (Å²) < 4.78 is 5.35. The number of hydrogen-bond acceptors (Lipinski definition) is 4. The SMILES string of the molecule is CN1C2CCC1c1c(CN)noc1C2. The minimum Gasteiger partial charge on any atom is -0.361 e. The summed E-state index contributed by atoms with van der Waals surface area (Å²) in [5.41, 5.74) is 7.89. The summed E-state index contributed by atoms with van der Waals surface area (Å²) in [5, 5.41) is 4.04. The maximum Gasteiger partial charge on any atom is 0.143 e. The van der Waals surface area contributed by atoms with E-state index in [0.29, 0.717) is 18.6 Å². The Labute approximate surface area is 83.0 Å². The van der Waals surface area contributed by atoms with Gasteiger partial charge in [0.2, 0.25) is 0 Å². The molecule has 2 N–H and O–H groups in total. The summed E-state index contributed by atoms with van der Waals surface area (Å²) in [6.45, 7) is 0.494. The normalized spacial score (nSPS) is 30.7. The first kappa shape index (κ1) is 8.44. The van der Waals surface area contributed by atoms with E-state index in [1.165, 1.54) is 18.4 Å². The van der Waals surface area contributed by atoms with Gasteiger partial charge in [-0.25, -0.2) is 0 Å². The van der Waals surface area contributed by atoms with Gasteiger partial charge in [0.25, 0.3) is 0 Å². The highest BCUT2D eigenvalue weighted by molar-refractivity contribution is 5.32. The summed E-state index contributed by atoms with van der Waals surface area (Å²) in [6, 6.07) is 1.17. The molecule has 2 unspecified atom stereocenters. The zero-order valence-corrected chi connectivity index (χ0v) is 8.36. The Balaban J connectivity index is 2.10. The van der Waals surface area contributed by atoms with Crippen molar-refractivity contribution in [2.24, 2.45) is 5.73 Å². The first-order valence-corrected chi connectivity index (χ1v) is 5.20. The predicted octanol–water partition coefficient (Wildman–Crippen LogP) is 0.825. The molecule has 1 aromatic rings. The average Bonchev–Trinajstić information content (AvgIpc) is 2.68. The molecule has 0 saturated carbocycles. The van der Waals surface area contributed by atoms with Gasteiger partial charge in [0, 0.05) is 30.6 Å². The molecule has 1 fully saturated rings. The summed E-state index contributed by atoms with van der Waals surface area (Å²) in [5.74, 6) is 1.08. The molecule has 0 radical (unpaired) electrons. The van der Waals surface area contributed by atoms with Crippen molar-refractivity contribution in [3.63, 3.8) is 0 Å². The van der Waals surface area contributed by atoms with Crippen LogP contribution in [0.3, 0.4) is 0 Å². The number of nitrogens with two attached hydrogens (primary N) is 1. The number of fused-ring (bicyclic) bond motifs is 4. The first-order valence-electron chi connectivity index (χ1n) is 5.20. The molecule has 2 atom stereocenters. The van der Waals surface area contributed by atoms with E-state index in [4.69, 9.17) is 10.3 Å². The molecule has 2 aliphatic heterocycles. The van der Waals surface area contributed by atoms with Crippen LogP contribution in [0.15, 0.2) is 4.52 Å². The van der Waals surface area contributed by atoms with Crippen LogP contribution in [-0.2, 0) is 13.0 Å². The second-order valence-corrected chi connectivity index (χ2v) is 4.29. The Kier molecular flexibility index (Phi) is 1.69. The molecule has 3 heterocycles. The average molecular weight is 193 g/mol. The third-order valence-electron chi connectivity index (χ3n) is 3.67. The Hall–Kier alpha value is -0.870. The number of aromatic nitrogens is 1. The molecular formula is C10H15N3O. The van der Waals surface area contributed by atoms with Gasteiger partial charge in [0.15, 0.2) is 0 Å². The van der Waals surface area contributed by atoms with Gasteiger partial charge in [-0.15, -0.1) is 0 Å². The molecule has 4 nitrogen and oxygen atoms in total. The first-order chi connectivity index (χ1) is 6.81. The lowest BCUT2D eigenvalue weighted by molar-refractivity contribution is 0.206. The smallest absolute Gasteiger partial charge is 0.143 e. The van der Waals surface area contributed by atoms with Gasteiger partial charge in [-0.05, 0) is 19.9 Å². The van der Waals surface area contributed by atoms with E-state index in [2.05, 4.69) is 17.1 Å². The zero-order valence-electron chi connectivity index (χ0n) is 8.36. The number of hydrogen-bond donors (Lipinski definition) is 1. The van der Waals surface area contributed by atoms with E-state index in [0.717, 1.165) is 17.9 Å². The van der Waals surface area contributed by atoms with Crippen LogP contribution < -0.4 is 5.73 Å². The molecule has 1 aromatic heterocycles. The third kappa shape index (κ3) is 0.925. The Morgan fingerprint density at radius 2 is 2.43 bits per heavy atom. The van der Waals surface area contributed by atoms with E-state index >= 15 is 0 Å². The van der Waals surface area contributed by atoms with Gasteiger partial charge in [-0.1, -0.05) is 5.16 Å². The molecule has 0 aliphatic carbocycles. The largest absolute Gasteiger partial charge is 0.361 e. The highest BCUT2D eigenvalue weighted by Crippen LogP contribution is 2.43. The lowest BCUT2D eigenvalue weighted by atomic mass is 9.99. The van der Waals surface area contributed by atoms with E-state index in [1.807, 2.05) is 0 Å². The maximum atomic E-state index is 5.65. The van der Waals surface area contributed by atoms with E-state index in [1.54, 1.807) is 0 Å². The monoisotopic (exact) mass is 193 g/mol. The minimum atomic E-state index is 0.494. The van der Waals surface area contributed by atoms with Crippen LogP contribution in [0.2, 0.25) is 0 Å². The van der Waals surface area contributed by atoms with Crippen molar-refractivity contribution in [3.8, 4) is 0 Å². The van der Waals surface area contributed by atoms with Crippen molar-refractivity contribution in [2.45, 2.75) is 37.9 Å². The van der Waals surface area contributed by atoms with E-state index in [-0.39, 0.29) is 0 Å². The predicted molar refractivity (Wildman–Crippen MR) is 51.6 cm³/mol. The van der Waals surface area contributed by atoms with Gasteiger partial charge in [0.05, 0.1) is 0 Å². The second-order valence-electron chi connectivity index (χ2n) is 4.29. The van der Waals surface area contributed by atoms with Crippen LogP contribution in [-0.4, -0.2) is 23.1 Å². The van der Waals surface area contributed by atoms with Crippen molar-refractivity contribution in [1.82, 2.24) is 10.1 Å². The fourth-order valence-corrected chi connectivity index (χ4v) is 2.86. The molecule has 0 aromatic carbocycles. The maximum absolute atomic E-state index is 5.65. The number of rotatable bonds is 1. The Morgan fingerprint density at radius 3 is 3.21 bits per heavy atom. The van der Waals surface area contributed by atoms with E-state index < -0.39 is 0 Å². The fraction of sp³-hybridized carbons (Fsp3) is 0.700. The summed E-state index contributed by atoms with van der Waals surface area (Å²) in [7, 11) is 2.19. The van der Waals surface area contributed by atoms with Crippen LogP contribution in [0.1, 0.15) is 35.9 Å². The molecule has 1 saturated heterocycles. The van der Waals surface area contributed by atoms with Crippen LogP contribution in [0.25, 0.3) is 0 Å².